The third-order valence-corrected chi connectivity index (χ3v) is 11.4. The maximum atomic E-state index is 13.5. The van der Waals surface area contributed by atoms with Gasteiger partial charge in [-0.05, 0) is 63.6 Å². The van der Waals surface area contributed by atoms with Crippen LogP contribution in [0.2, 0.25) is 0 Å². The molecule has 0 saturated carbocycles. The lowest BCUT2D eigenvalue weighted by atomic mass is 9.84. The molecule has 1 unspecified atom stereocenters. The van der Waals surface area contributed by atoms with Crippen molar-refractivity contribution in [3.8, 4) is 11.1 Å². The normalized spacial score (nSPS) is 12.7. The molecule has 1 aliphatic rings. The molecule has 1 atom stereocenters. The lowest BCUT2D eigenvalue weighted by molar-refractivity contribution is -0.143. The van der Waals surface area contributed by atoms with Crippen LogP contribution < -0.4 is 5.32 Å². The number of nitrogens with one attached hydrogen (secondary N) is 1. The molecular formula is C46H39NO4S. The Morgan fingerprint density at radius 2 is 1.10 bits per heavy atom. The van der Waals surface area contributed by atoms with Gasteiger partial charge in [0, 0.05) is 17.2 Å². The second kappa shape index (κ2) is 15.7. The molecule has 0 radical (unpaired) electrons. The largest absolute Gasteiger partial charge is 0.464 e. The minimum atomic E-state index is -0.728. The maximum Gasteiger partial charge on any atom is 0.310 e. The van der Waals surface area contributed by atoms with E-state index < -0.39 is 10.8 Å². The molecule has 0 bridgehead atoms. The van der Waals surface area contributed by atoms with Gasteiger partial charge in [0.05, 0.1) is 17.2 Å². The molecule has 0 fully saturated rings. The first kappa shape index (κ1) is 34.7. The van der Waals surface area contributed by atoms with Crippen LogP contribution in [0.4, 0.5) is 0 Å². The minimum absolute atomic E-state index is 0.00644. The fraction of sp³-hybridized carbons (Fsp3) is 0.152. The average molecular weight is 702 g/mol. The van der Waals surface area contributed by atoms with Crippen molar-refractivity contribution in [1.29, 1.82) is 0 Å². The van der Waals surface area contributed by atoms with E-state index in [2.05, 4.69) is 66.0 Å². The zero-order chi connectivity index (χ0) is 35.9. The van der Waals surface area contributed by atoms with Crippen LogP contribution in [0.15, 0.2) is 164 Å². The summed E-state index contributed by atoms with van der Waals surface area (Å²) in [4.78, 5) is 39.5. The van der Waals surface area contributed by atoms with E-state index in [0.717, 1.165) is 22.3 Å². The Hall–Kier alpha value is -5.72. The van der Waals surface area contributed by atoms with Crippen LogP contribution in [0.1, 0.15) is 56.6 Å². The predicted molar refractivity (Wildman–Crippen MR) is 208 cm³/mol. The highest BCUT2D eigenvalue weighted by Crippen LogP contribution is 2.49. The second-order valence-corrected chi connectivity index (χ2v) is 14.2. The van der Waals surface area contributed by atoms with Gasteiger partial charge in [0.1, 0.15) is 6.61 Å². The highest BCUT2D eigenvalue weighted by Gasteiger charge is 2.38. The Morgan fingerprint density at radius 3 is 1.58 bits per heavy atom. The van der Waals surface area contributed by atoms with Gasteiger partial charge >= 0.3 is 5.97 Å². The molecule has 6 heteroatoms. The fourth-order valence-electron chi connectivity index (χ4n) is 7.09. The van der Waals surface area contributed by atoms with Gasteiger partial charge in [-0.1, -0.05) is 152 Å². The summed E-state index contributed by atoms with van der Waals surface area (Å²) in [6, 6.07) is 53.5. The summed E-state index contributed by atoms with van der Waals surface area (Å²) >= 11 is 1.63. The van der Waals surface area contributed by atoms with Crippen LogP contribution in [0.25, 0.3) is 11.1 Å². The fourth-order valence-corrected chi connectivity index (χ4v) is 8.73. The molecule has 258 valence electrons. The molecule has 52 heavy (non-hydrogen) atoms. The van der Waals surface area contributed by atoms with Gasteiger partial charge in [-0.25, -0.2) is 0 Å². The molecule has 5 nitrogen and oxygen atoms in total. The van der Waals surface area contributed by atoms with E-state index in [1.807, 2.05) is 78.9 Å². The summed E-state index contributed by atoms with van der Waals surface area (Å²) in [5.74, 6) is -0.465. The Morgan fingerprint density at radius 1 is 0.635 bits per heavy atom. The first-order chi connectivity index (χ1) is 25.4. The van der Waals surface area contributed by atoms with Crippen molar-refractivity contribution in [2.45, 2.75) is 30.1 Å². The van der Waals surface area contributed by atoms with Crippen molar-refractivity contribution in [1.82, 2.24) is 5.32 Å². The summed E-state index contributed by atoms with van der Waals surface area (Å²) in [5, 5.41) is 2.99. The summed E-state index contributed by atoms with van der Waals surface area (Å²) in [6.45, 7) is 1.77. The molecule has 0 saturated heterocycles. The van der Waals surface area contributed by atoms with Gasteiger partial charge in [0.2, 0.25) is 0 Å². The SMILES string of the molecule is CC(=O)C(CSC(c1ccccc1)(c1ccccc1)c1ccccc1)NC(=O)c1ccc(CC(=O)OCC2c3ccccc3-c3ccccc32)cc1. The van der Waals surface area contributed by atoms with Crippen molar-refractivity contribution in [3.63, 3.8) is 0 Å². The van der Waals surface area contributed by atoms with E-state index in [1.165, 1.54) is 29.2 Å². The molecule has 1 N–H and O–H groups in total. The van der Waals surface area contributed by atoms with E-state index in [9.17, 15) is 14.4 Å². The number of hydrogen-bond acceptors (Lipinski definition) is 5. The third kappa shape index (κ3) is 7.21. The summed E-state index contributed by atoms with van der Waals surface area (Å²) in [7, 11) is 0. The number of amides is 1. The van der Waals surface area contributed by atoms with E-state index >= 15 is 0 Å². The van der Waals surface area contributed by atoms with Gasteiger partial charge in [0.25, 0.3) is 5.91 Å². The Balaban J connectivity index is 1.02. The average Bonchev–Trinajstić information content (AvgIpc) is 3.51. The molecular weight excluding hydrogens is 663 g/mol. The molecule has 1 amide bonds. The van der Waals surface area contributed by atoms with Gasteiger partial charge in [-0.15, -0.1) is 11.8 Å². The number of hydrogen-bond donors (Lipinski definition) is 1. The smallest absolute Gasteiger partial charge is 0.310 e. The van der Waals surface area contributed by atoms with Crippen molar-refractivity contribution in [2.24, 2.45) is 0 Å². The van der Waals surface area contributed by atoms with Gasteiger partial charge in [-0.2, -0.15) is 0 Å². The number of thioether (sulfide) groups is 1. The number of Topliss-reactive ketones (excluding diaryl/α,β-unsaturated/α-hetero) is 1. The molecule has 6 aromatic carbocycles. The van der Waals surface area contributed by atoms with Gasteiger partial charge in [0.15, 0.2) is 5.78 Å². The monoisotopic (exact) mass is 701 g/mol. The molecule has 0 spiro atoms. The topological polar surface area (TPSA) is 72.5 Å². The van der Waals surface area contributed by atoms with E-state index in [0.29, 0.717) is 11.3 Å². The minimum Gasteiger partial charge on any atom is -0.464 e. The predicted octanol–water partition coefficient (Wildman–Crippen LogP) is 9.00. The van der Waals surface area contributed by atoms with Gasteiger partial charge in [-0.3, -0.25) is 14.4 Å². The Labute approximate surface area is 309 Å². The maximum absolute atomic E-state index is 13.5. The van der Waals surface area contributed by atoms with Gasteiger partial charge < -0.3 is 10.1 Å². The molecule has 1 aliphatic carbocycles. The Bertz CT molecular complexity index is 2030. The number of esters is 1. The molecule has 0 aliphatic heterocycles. The summed E-state index contributed by atoms with van der Waals surface area (Å²) < 4.78 is 5.17. The summed E-state index contributed by atoms with van der Waals surface area (Å²) in [6.07, 6.45) is 0.0885. The lowest BCUT2D eigenvalue weighted by Crippen LogP contribution is -2.43. The van der Waals surface area contributed by atoms with Crippen molar-refractivity contribution in [3.05, 3.63) is 203 Å². The molecule has 0 aromatic heterocycles. The van der Waals surface area contributed by atoms with Crippen LogP contribution in [-0.4, -0.2) is 36.1 Å². The van der Waals surface area contributed by atoms with Crippen molar-refractivity contribution >= 4 is 29.4 Å². The molecule has 7 rings (SSSR count). The first-order valence-electron chi connectivity index (χ1n) is 17.5. The molecule has 6 aromatic rings. The first-order valence-corrected chi connectivity index (χ1v) is 18.5. The number of benzene rings is 6. The van der Waals surface area contributed by atoms with Crippen molar-refractivity contribution < 1.29 is 19.1 Å². The zero-order valence-electron chi connectivity index (χ0n) is 28.9. The Kier molecular flexibility index (Phi) is 10.5. The van der Waals surface area contributed by atoms with E-state index in [1.54, 1.807) is 36.0 Å². The van der Waals surface area contributed by atoms with Crippen LogP contribution in [-0.2, 0) is 25.5 Å². The number of carbonyl (C=O) groups excluding carboxylic acids is 3. The zero-order valence-corrected chi connectivity index (χ0v) is 29.7. The third-order valence-electron chi connectivity index (χ3n) is 9.74. The lowest BCUT2D eigenvalue weighted by Gasteiger charge is -2.36. The van der Waals surface area contributed by atoms with Crippen LogP contribution in [0.3, 0.4) is 0 Å². The van der Waals surface area contributed by atoms with Crippen LogP contribution in [0, 0.1) is 0 Å². The number of fused-ring (bicyclic) bond motifs is 3. The quantitative estimate of drug-likeness (QED) is 0.0962. The van der Waals surface area contributed by atoms with Crippen molar-refractivity contribution in [2.75, 3.05) is 12.4 Å². The second-order valence-electron chi connectivity index (χ2n) is 13.0. The van der Waals surface area contributed by atoms with E-state index in [-0.39, 0.29) is 36.6 Å². The number of ketones is 1. The number of rotatable bonds is 13. The van der Waals surface area contributed by atoms with Crippen LogP contribution >= 0.6 is 11.8 Å². The van der Waals surface area contributed by atoms with E-state index in [4.69, 9.17) is 4.74 Å². The van der Waals surface area contributed by atoms with Crippen LogP contribution in [0.5, 0.6) is 0 Å². The molecule has 0 heterocycles. The highest BCUT2D eigenvalue weighted by molar-refractivity contribution is 8.00. The number of ether oxygens (including phenoxy) is 1. The highest BCUT2D eigenvalue weighted by atomic mass is 32.2. The standard InChI is InChI=1S/C46H39NO4S/c1-32(48)43(31-52-46(35-15-5-2-6-16-35,36-17-7-3-8-18-36)37-19-9-4-10-20-37)47-45(50)34-27-25-33(26-28-34)29-44(49)51-30-42-40-23-13-11-21-38(40)39-22-12-14-24-41(39)42/h2-28,42-43H,29-31H2,1H3,(H,47,50). The number of carbonyl (C=O) groups is 3. The summed E-state index contributed by atoms with van der Waals surface area (Å²) in [5.41, 5.74) is 9.09.